The van der Waals surface area contributed by atoms with Crippen molar-refractivity contribution >= 4 is 5.97 Å². The van der Waals surface area contributed by atoms with Crippen molar-refractivity contribution in [3.05, 3.63) is 59.3 Å². The predicted octanol–water partition coefficient (Wildman–Crippen LogP) is 5.21. The van der Waals surface area contributed by atoms with Crippen LogP contribution >= 0.6 is 0 Å². The molecule has 1 N–H and O–H groups in total. The summed E-state index contributed by atoms with van der Waals surface area (Å²) >= 11 is 0. The van der Waals surface area contributed by atoms with Gasteiger partial charge in [-0.25, -0.2) is 4.79 Å². The molecule has 2 nitrogen and oxygen atoms in total. The quantitative estimate of drug-likeness (QED) is 0.556. The van der Waals surface area contributed by atoms with Crippen LogP contribution in [0.4, 0.5) is 0 Å². The van der Waals surface area contributed by atoms with Crippen molar-refractivity contribution in [1.29, 1.82) is 0 Å². The van der Waals surface area contributed by atoms with Gasteiger partial charge in [0, 0.05) is 6.08 Å². The summed E-state index contributed by atoms with van der Waals surface area (Å²) in [6, 6.07) is 0. The van der Waals surface area contributed by atoms with Crippen LogP contribution in [-0.2, 0) is 4.79 Å². The van der Waals surface area contributed by atoms with Crippen LogP contribution in [0.25, 0.3) is 0 Å². The number of hydrogen-bond donors (Lipinski definition) is 1. The molecular weight excluding hydrogens is 260 g/mol. The topological polar surface area (TPSA) is 37.3 Å². The summed E-state index contributed by atoms with van der Waals surface area (Å²) in [5, 5.41) is 8.60. The van der Waals surface area contributed by atoms with Gasteiger partial charge in [-0.1, -0.05) is 55.9 Å². The molecule has 0 atom stereocenters. The molecule has 2 heteroatoms. The molecule has 1 aliphatic rings. The zero-order valence-corrected chi connectivity index (χ0v) is 13.5. The Kier molecular flexibility index (Phi) is 6.41. The molecule has 0 heterocycles. The lowest BCUT2D eigenvalue weighted by atomic mass is 9.73. The fraction of sp³-hybridized carbons (Fsp3) is 0.421. The maximum Gasteiger partial charge on any atom is 0.328 e. The molecule has 0 bridgehead atoms. The van der Waals surface area contributed by atoms with E-state index < -0.39 is 5.97 Å². The smallest absolute Gasteiger partial charge is 0.328 e. The van der Waals surface area contributed by atoms with E-state index >= 15 is 0 Å². The van der Waals surface area contributed by atoms with Crippen molar-refractivity contribution < 1.29 is 9.90 Å². The Bertz CT molecular complexity index is 526. The Hall–Kier alpha value is -1.83. The molecule has 21 heavy (non-hydrogen) atoms. The number of carbonyl (C=O) groups is 1. The minimum atomic E-state index is -0.914. The van der Waals surface area contributed by atoms with E-state index in [9.17, 15) is 4.79 Å². The van der Waals surface area contributed by atoms with Crippen LogP contribution in [0, 0.1) is 5.41 Å². The summed E-state index contributed by atoms with van der Waals surface area (Å²) in [6.07, 6.45) is 16.7. The number of carboxylic acid groups (broad SMARTS) is 1. The molecule has 0 aromatic rings. The van der Waals surface area contributed by atoms with Crippen molar-refractivity contribution in [3.8, 4) is 0 Å². The van der Waals surface area contributed by atoms with Crippen molar-refractivity contribution in [1.82, 2.24) is 0 Å². The van der Waals surface area contributed by atoms with Crippen LogP contribution in [-0.4, -0.2) is 11.1 Å². The van der Waals surface area contributed by atoms with Gasteiger partial charge in [0.25, 0.3) is 0 Å². The lowest BCUT2D eigenvalue weighted by Gasteiger charge is -2.32. The molecule has 0 aromatic carbocycles. The third-order valence-corrected chi connectivity index (χ3v) is 3.85. The molecule has 0 fully saturated rings. The second kappa shape index (κ2) is 7.82. The molecule has 0 saturated carbocycles. The monoisotopic (exact) mass is 286 g/mol. The van der Waals surface area contributed by atoms with Crippen LogP contribution in [0.5, 0.6) is 0 Å². The van der Waals surface area contributed by atoms with Gasteiger partial charge in [0.1, 0.15) is 0 Å². The molecule has 0 aromatic heterocycles. The molecule has 114 valence electrons. The minimum Gasteiger partial charge on any atom is -0.478 e. The van der Waals surface area contributed by atoms with E-state index in [0.29, 0.717) is 0 Å². The predicted molar refractivity (Wildman–Crippen MR) is 89.1 cm³/mol. The molecule has 1 aliphatic carbocycles. The SMILES string of the molecule is CC1=C(/C=C/C=C/C=C/C(C)=C\C(=O)O)C(C)(C)CCC1. The van der Waals surface area contributed by atoms with Crippen molar-refractivity contribution in [3.63, 3.8) is 0 Å². The zero-order chi connectivity index (χ0) is 15.9. The largest absolute Gasteiger partial charge is 0.478 e. The highest BCUT2D eigenvalue weighted by atomic mass is 16.4. The first kappa shape index (κ1) is 17.2. The van der Waals surface area contributed by atoms with Crippen molar-refractivity contribution in [2.45, 2.75) is 47.0 Å². The second-order valence-electron chi connectivity index (χ2n) is 6.26. The average Bonchev–Trinajstić information content (AvgIpc) is 2.34. The molecule has 0 saturated heterocycles. The first-order valence-electron chi connectivity index (χ1n) is 7.46. The lowest BCUT2D eigenvalue weighted by molar-refractivity contribution is -0.131. The van der Waals surface area contributed by atoms with Crippen LogP contribution in [0.1, 0.15) is 47.0 Å². The molecule has 0 radical (unpaired) electrons. The Morgan fingerprint density at radius 2 is 1.86 bits per heavy atom. The fourth-order valence-electron chi connectivity index (χ4n) is 2.74. The van der Waals surface area contributed by atoms with E-state index in [-0.39, 0.29) is 5.41 Å². The molecule has 0 aliphatic heterocycles. The summed E-state index contributed by atoms with van der Waals surface area (Å²) in [4.78, 5) is 10.5. The summed E-state index contributed by atoms with van der Waals surface area (Å²) in [5.74, 6) is -0.914. The Balaban J connectivity index is 2.64. The Morgan fingerprint density at radius 1 is 1.19 bits per heavy atom. The van der Waals surface area contributed by atoms with Gasteiger partial charge < -0.3 is 5.11 Å². The third kappa shape index (κ3) is 5.99. The average molecular weight is 286 g/mol. The lowest BCUT2D eigenvalue weighted by Crippen LogP contribution is -2.18. The van der Waals surface area contributed by atoms with E-state index in [1.165, 1.54) is 36.5 Å². The fourth-order valence-corrected chi connectivity index (χ4v) is 2.74. The third-order valence-electron chi connectivity index (χ3n) is 3.85. The maximum absolute atomic E-state index is 10.5. The van der Waals surface area contributed by atoms with Crippen molar-refractivity contribution in [2.75, 3.05) is 0 Å². The van der Waals surface area contributed by atoms with E-state index in [0.717, 1.165) is 5.57 Å². The highest BCUT2D eigenvalue weighted by molar-refractivity contribution is 5.81. The zero-order valence-electron chi connectivity index (χ0n) is 13.5. The van der Waals surface area contributed by atoms with Gasteiger partial charge in [-0.3, -0.25) is 0 Å². The summed E-state index contributed by atoms with van der Waals surface area (Å²) in [5.41, 5.74) is 3.93. The number of hydrogen-bond acceptors (Lipinski definition) is 1. The minimum absolute atomic E-state index is 0.267. The van der Waals surface area contributed by atoms with E-state index in [1.54, 1.807) is 13.0 Å². The van der Waals surface area contributed by atoms with Crippen LogP contribution < -0.4 is 0 Å². The summed E-state index contributed by atoms with van der Waals surface area (Å²) < 4.78 is 0. The van der Waals surface area contributed by atoms with E-state index in [1.807, 2.05) is 18.2 Å². The number of allylic oxidation sites excluding steroid dienone is 9. The Labute approximate surface area is 128 Å². The molecule has 0 amide bonds. The highest BCUT2D eigenvalue weighted by Crippen LogP contribution is 2.40. The van der Waals surface area contributed by atoms with Gasteiger partial charge in [0.2, 0.25) is 0 Å². The van der Waals surface area contributed by atoms with Crippen LogP contribution in [0.3, 0.4) is 0 Å². The maximum atomic E-state index is 10.5. The number of carboxylic acids is 1. The van der Waals surface area contributed by atoms with E-state index in [4.69, 9.17) is 5.11 Å². The van der Waals surface area contributed by atoms with E-state index in [2.05, 4.69) is 32.9 Å². The first-order chi connectivity index (χ1) is 9.83. The summed E-state index contributed by atoms with van der Waals surface area (Å²) in [7, 11) is 0. The van der Waals surface area contributed by atoms with Crippen LogP contribution in [0.15, 0.2) is 59.3 Å². The van der Waals surface area contributed by atoms with Gasteiger partial charge in [-0.05, 0) is 49.7 Å². The molecule has 1 rings (SSSR count). The van der Waals surface area contributed by atoms with Gasteiger partial charge in [0.05, 0.1) is 0 Å². The van der Waals surface area contributed by atoms with Crippen molar-refractivity contribution in [2.24, 2.45) is 5.41 Å². The van der Waals surface area contributed by atoms with Gasteiger partial charge in [-0.2, -0.15) is 0 Å². The number of rotatable bonds is 5. The van der Waals surface area contributed by atoms with Crippen LogP contribution in [0.2, 0.25) is 0 Å². The van der Waals surface area contributed by atoms with Gasteiger partial charge in [0.15, 0.2) is 0 Å². The normalized spacial score (nSPS) is 20.1. The molecule has 0 unspecified atom stereocenters. The summed E-state index contributed by atoms with van der Waals surface area (Å²) in [6.45, 7) is 8.61. The standard InChI is InChI=1S/C19H26O2/c1-15(14-18(20)21)10-7-5-6-8-12-17-16(2)11-9-13-19(17,3)4/h5-8,10,12,14H,9,11,13H2,1-4H3,(H,20,21)/b6-5+,10-7+,12-8+,15-14-. The first-order valence-corrected chi connectivity index (χ1v) is 7.46. The number of aliphatic carboxylic acids is 1. The van der Waals surface area contributed by atoms with Gasteiger partial charge >= 0.3 is 5.97 Å². The Morgan fingerprint density at radius 3 is 2.48 bits per heavy atom. The highest BCUT2D eigenvalue weighted by Gasteiger charge is 2.26. The molecular formula is C19H26O2. The second-order valence-corrected chi connectivity index (χ2v) is 6.26. The molecule has 0 spiro atoms. The van der Waals surface area contributed by atoms with Gasteiger partial charge in [-0.15, -0.1) is 0 Å².